The molecule has 1 unspecified atom stereocenters. The summed E-state index contributed by atoms with van der Waals surface area (Å²) in [6.07, 6.45) is -0.251. The molecule has 2 N–H and O–H groups in total. The van der Waals surface area contributed by atoms with Gasteiger partial charge in [0.2, 0.25) is 0 Å². The summed E-state index contributed by atoms with van der Waals surface area (Å²) >= 11 is 0. The molecule has 3 aromatic rings. The Bertz CT molecular complexity index is 980. The predicted octanol–water partition coefficient (Wildman–Crippen LogP) is 3.53. The van der Waals surface area contributed by atoms with Gasteiger partial charge in [-0.25, -0.2) is 0 Å². The molecule has 0 saturated heterocycles. The van der Waals surface area contributed by atoms with Gasteiger partial charge in [-0.15, -0.1) is 0 Å². The van der Waals surface area contributed by atoms with E-state index in [2.05, 4.69) is 10.9 Å². The number of rotatable bonds is 7. The van der Waals surface area contributed by atoms with Crippen molar-refractivity contribution >= 4 is 22.6 Å². The number of hydrogen-bond donors (Lipinski definition) is 2. The molecule has 3 rings (SSSR count). The van der Waals surface area contributed by atoms with Crippen molar-refractivity contribution in [3.63, 3.8) is 0 Å². The first kappa shape index (κ1) is 20.2. The summed E-state index contributed by atoms with van der Waals surface area (Å²) in [5.74, 6) is 0.324. The number of benzene rings is 3. The molecule has 3 aromatic carbocycles. The quantitative estimate of drug-likeness (QED) is 0.603. The first-order valence-electron chi connectivity index (χ1n) is 9.49. The average molecular weight is 392 g/mol. The standard InChI is InChI=1S/C23H24N2O4/c1-3-20(29-18-13-11-16(2)12-14-18)23(27)25-24-22(26)15-28-21-10-6-8-17-7-4-5-9-19(17)21/h4-14,20H,3,15H2,1-2H3,(H,24,26)(H,25,27). The third kappa shape index (κ3) is 5.48. The van der Waals surface area contributed by atoms with Gasteiger partial charge in [-0.3, -0.25) is 20.4 Å². The number of fused-ring (bicyclic) bond motifs is 1. The second kappa shape index (κ2) is 9.59. The first-order chi connectivity index (χ1) is 14.1. The Morgan fingerprint density at radius 3 is 2.41 bits per heavy atom. The fourth-order valence-corrected chi connectivity index (χ4v) is 2.82. The summed E-state index contributed by atoms with van der Waals surface area (Å²) in [7, 11) is 0. The van der Waals surface area contributed by atoms with Crippen LogP contribution in [-0.4, -0.2) is 24.5 Å². The third-order valence-corrected chi connectivity index (χ3v) is 4.40. The van der Waals surface area contributed by atoms with Crippen LogP contribution in [0.15, 0.2) is 66.7 Å². The zero-order chi connectivity index (χ0) is 20.6. The molecule has 29 heavy (non-hydrogen) atoms. The van der Waals surface area contributed by atoms with Crippen molar-refractivity contribution < 1.29 is 19.1 Å². The van der Waals surface area contributed by atoms with Crippen LogP contribution < -0.4 is 20.3 Å². The topological polar surface area (TPSA) is 76.7 Å². The van der Waals surface area contributed by atoms with E-state index in [9.17, 15) is 9.59 Å². The van der Waals surface area contributed by atoms with E-state index in [1.54, 1.807) is 6.07 Å². The Morgan fingerprint density at radius 1 is 0.931 bits per heavy atom. The Morgan fingerprint density at radius 2 is 1.66 bits per heavy atom. The molecular formula is C23H24N2O4. The minimum Gasteiger partial charge on any atom is -0.483 e. The Hall–Kier alpha value is -3.54. The number of carbonyl (C=O) groups excluding carboxylic acids is 2. The summed E-state index contributed by atoms with van der Waals surface area (Å²) < 4.78 is 11.3. The number of nitrogens with one attached hydrogen (secondary N) is 2. The van der Waals surface area contributed by atoms with Gasteiger partial charge in [0.05, 0.1) is 0 Å². The van der Waals surface area contributed by atoms with Crippen LogP contribution in [0.1, 0.15) is 18.9 Å². The lowest BCUT2D eigenvalue weighted by Gasteiger charge is -2.17. The molecule has 6 nitrogen and oxygen atoms in total. The van der Waals surface area contributed by atoms with Crippen molar-refractivity contribution in [3.05, 3.63) is 72.3 Å². The molecule has 6 heteroatoms. The summed E-state index contributed by atoms with van der Waals surface area (Å²) in [5, 5.41) is 1.95. The summed E-state index contributed by atoms with van der Waals surface area (Å²) in [4.78, 5) is 24.4. The fraction of sp³-hybridized carbons (Fsp3) is 0.217. The van der Waals surface area contributed by atoms with Crippen LogP contribution in [0.4, 0.5) is 0 Å². The monoisotopic (exact) mass is 392 g/mol. The second-order valence-corrected chi connectivity index (χ2v) is 6.63. The molecule has 0 bridgehead atoms. The Labute approximate surface area is 169 Å². The maximum absolute atomic E-state index is 12.3. The van der Waals surface area contributed by atoms with E-state index in [0.717, 1.165) is 16.3 Å². The number of amides is 2. The smallest absolute Gasteiger partial charge is 0.279 e. The van der Waals surface area contributed by atoms with Gasteiger partial charge >= 0.3 is 0 Å². The van der Waals surface area contributed by atoms with Gasteiger partial charge in [-0.1, -0.05) is 61.0 Å². The second-order valence-electron chi connectivity index (χ2n) is 6.63. The van der Waals surface area contributed by atoms with E-state index >= 15 is 0 Å². The van der Waals surface area contributed by atoms with Crippen molar-refractivity contribution in [1.29, 1.82) is 0 Å². The van der Waals surface area contributed by atoms with Gasteiger partial charge in [-0.2, -0.15) is 0 Å². The van der Waals surface area contributed by atoms with Crippen LogP contribution in [0, 0.1) is 6.92 Å². The van der Waals surface area contributed by atoms with Crippen molar-refractivity contribution in [1.82, 2.24) is 10.9 Å². The maximum Gasteiger partial charge on any atom is 0.279 e. The lowest BCUT2D eigenvalue weighted by atomic mass is 10.1. The van der Waals surface area contributed by atoms with E-state index in [1.807, 2.05) is 74.5 Å². The number of hydrogen-bond acceptors (Lipinski definition) is 4. The molecule has 0 spiro atoms. The van der Waals surface area contributed by atoms with Gasteiger partial charge in [0.25, 0.3) is 11.8 Å². The highest BCUT2D eigenvalue weighted by atomic mass is 16.5. The molecule has 2 amide bonds. The minimum atomic E-state index is -0.711. The maximum atomic E-state index is 12.3. The highest BCUT2D eigenvalue weighted by molar-refractivity contribution is 5.89. The van der Waals surface area contributed by atoms with Gasteiger partial charge in [0.1, 0.15) is 11.5 Å². The van der Waals surface area contributed by atoms with Crippen molar-refractivity contribution in [2.24, 2.45) is 0 Å². The van der Waals surface area contributed by atoms with E-state index in [0.29, 0.717) is 17.9 Å². The summed E-state index contributed by atoms with van der Waals surface area (Å²) in [6.45, 7) is 3.59. The highest BCUT2D eigenvalue weighted by Gasteiger charge is 2.19. The SMILES string of the molecule is CCC(Oc1ccc(C)cc1)C(=O)NNC(=O)COc1cccc2ccccc12. The van der Waals surface area contributed by atoms with Crippen molar-refractivity contribution in [3.8, 4) is 11.5 Å². The normalized spacial score (nSPS) is 11.5. The van der Waals surface area contributed by atoms with Gasteiger partial charge in [0.15, 0.2) is 12.7 Å². The molecule has 0 aromatic heterocycles. The molecule has 0 radical (unpaired) electrons. The van der Waals surface area contributed by atoms with Crippen molar-refractivity contribution in [2.75, 3.05) is 6.61 Å². The molecule has 0 aliphatic carbocycles. The van der Waals surface area contributed by atoms with Crippen LogP contribution >= 0.6 is 0 Å². The molecule has 0 saturated carbocycles. The predicted molar refractivity (Wildman–Crippen MR) is 112 cm³/mol. The van der Waals surface area contributed by atoms with E-state index in [4.69, 9.17) is 9.47 Å². The lowest BCUT2D eigenvalue weighted by molar-refractivity contribution is -0.134. The molecule has 1 atom stereocenters. The number of ether oxygens (including phenoxy) is 2. The molecule has 0 aliphatic heterocycles. The van der Waals surface area contributed by atoms with Crippen LogP contribution in [-0.2, 0) is 9.59 Å². The van der Waals surface area contributed by atoms with Crippen LogP contribution in [0.25, 0.3) is 10.8 Å². The van der Waals surface area contributed by atoms with E-state index in [-0.39, 0.29) is 6.61 Å². The van der Waals surface area contributed by atoms with Gasteiger partial charge in [0, 0.05) is 5.39 Å². The van der Waals surface area contributed by atoms with E-state index in [1.165, 1.54) is 0 Å². The number of aryl methyl sites for hydroxylation is 1. The molecular weight excluding hydrogens is 368 g/mol. The average Bonchev–Trinajstić information content (AvgIpc) is 2.75. The zero-order valence-electron chi connectivity index (χ0n) is 16.5. The summed E-state index contributed by atoms with van der Waals surface area (Å²) in [6, 6.07) is 20.8. The molecule has 0 aliphatic rings. The first-order valence-corrected chi connectivity index (χ1v) is 9.49. The minimum absolute atomic E-state index is 0.218. The van der Waals surface area contributed by atoms with Gasteiger partial charge in [-0.05, 0) is 36.9 Å². The van der Waals surface area contributed by atoms with Crippen molar-refractivity contribution in [2.45, 2.75) is 26.4 Å². The van der Waals surface area contributed by atoms with Crippen LogP contribution in [0.2, 0.25) is 0 Å². The third-order valence-electron chi connectivity index (χ3n) is 4.40. The van der Waals surface area contributed by atoms with Crippen LogP contribution in [0.3, 0.4) is 0 Å². The lowest BCUT2D eigenvalue weighted by Crippen LogP contribution is -2.49. The van der Waals surface area contributed by atoms with Gasteiger partial charge < -0.3 is 9.47 Å². The van der Waals surface area contributed by atoms with Crippen LogP contribution in [0.5, 0.6) is 11.5 Å². The number of carbonyl (C=O) groups is 2. The zero-order valence-corrected chi connectivity index (χ0v) is 16.5. The molecule has 150 valence electrons. The molecule has 0 heterocycles. The molecule has 0 fully saturated rings. The number of hydrazine groups is 1. The Balaban J connectivity index is 1.50. The summed E-state index contributed by atoms with van der Waals surface area (Å²) in [5.41, 5.74) is 5.87. The Kier molecular flexibility index (Phi) is 6.68. The van der Waals surface area contributed by atoms with E-state index < -0.39 is 17.9 Å². The highest BCUT2D eigenvalue weighted by Crippen LogP contribution is 2.24. The largest absolute Gasteiger partial charge is 0.483 e. The fourth-order valence-electron chi connectivity index (χ4n) is 2.82.